The van der Waals surface area contributed by atoms with E-state index in [0.29, 0.717) is 49.9 Å². The molecule has 1 amide bonds. The SMILES string of the molecule is CCCOC(=O)c1cc(NC(=O)COc2cccc(C)c2C)ccc1N1CCOCC1. The number of ether oxygens (including phenoxy) is 3. The minimum Gasteiger partial charge on any atom is -0.483 e. The van der Waals surface area contributed by atoms with Crippen molar-refractivity contribution in [3.8, 4) is 5.75 Å². The van der Waals surface area contributed by atoms with Gasteiger partial charge in [-0.05, 0) is 55.7 Å². The molecule has 1 aliphatic heterocycles. The van der Waals surface area contributed by atoms with E-state index in [1.807, 2.05) is 45.0 Å². The van der Waals surface area contributed by atoms with E-state index in [1.165, 1.54) is 0 Å². The molecular formula is C24H30N2O5. The number of morpholine rings is 1. The smallest absolute Gasteiger partial charge is 0.340 e. The number of aryl methyl sites for hydroxylation is 1. The number of rotatable bonds is 8. The maximum absolute atomic E-state index is 12.7. The van der Waals surface area contributed by atoms with Crippen LogP contribution in [-0.4, -0.2) is 51.4 Å². The van der Waals surface area contributed by atoms with Crippen LogP contribution in [0.15, 0.2) is 36.4 Å². The van der Waals surface area contributed by atoms with Crippen LogP contribution in [0.3, 0.4) is 0 Å². The molecule has 166 valence electrons. The third-order valence-electron chi connectivity index (χ3n) is 5.20. The van der Waals surface area contributed by atoms with Crippen molar-refractivity contribution in [3.05, 3.63) is 53.1 Å². The highest BCUT2D eigenvalue weighted by Gasteiger charge is 2.21. The molecule has 0 aliphatic carbocycles. The molecule has 7 heteroatoms. The van der Waals surface area contributed by atoms with E-state index in [9.17, 15) is 9.59 Å². The summed E-state index contributed by atoms with van der Waals surface area (Å²) in [6.07, 6.45) is 0.741. The molecule has 0 aromatic heterocycles. The van der Waals surface area contributed by atoms with E-state index in [0.717, 1.165) is 23.2 Å². The molecular weight excluding hydrogens is 396 g/mol. The maximum Gasteiger partial charge on any atom is 0.340 e. The number of nitrogens with one attached hydrogen (secondary N) is 1. The molecule has 3 rings (SSSR count). The van der Waals surface area contributed by atoms with Gasteiger partial charge in [-0.1, -0.05) is 19.1 Å². The number of hydrogen-bond donors (Lipinski definition) is 1. The van der Waals surface area contributed by atoms with E-state index in [2.05, 4.69) is 10.2 Å². The molecule has 1 saturated heterocycles. The molecule has 2 aromatic rings. The van der Waals surface area contributed by atoms with Crippen LogP contribution in [0.5, 0.6) is 5.75 Å². The fourth-order valence-electron chi connectivity index (χ4n) is 3.35. The third kappa shape index (κ3) is 5.98. The lowest BCUT2D eigenvalue weighted by Crippen LogP contribution is -2.37. The molecule has 1 heterocycles. The first-order chi connectivity index (χ1) is 15.0. The highest BCUT2D eigenvalue weighted by molar-refractivity contribution is 5.99. The van der Waals surface area contributed by atoms with E-state index in [4.69, 9.17) is 14.2 Å². The second-order valence-corrected chi connectivity index (χ2v) is 7.50. The Morgan fingerprint density at radius 1 is 1.13 bits per heavy atom. The van der Waals surface area contributed by atoms with Gasteiger partial charge in [0.1, 0.15) is 5.75 Å². The fourth-order valence-corrected chi connectivity index (χ4v) is 3.35. The quantitative estimate of drug-likeness (QED) is 0.649. The minimum absolute atomic E-state index is 0.120. The lowest BCUT2D eigenvalue weighted by molar-refractivity contribution is -0.118. The molecule has 0 saturated carbocycles. The van der Waals surface area contributed by atoms with Crippen LogP contribution in [0.4, 0.5) is 11.4 Å². The van der Waals surface area contributed by atoms with Gasteiger partial charge in [0.15, 0.2) is 6.61 Å². The van der Waals surface area contributed by atoms with Gasteiger partial charge >= 0.3 is 5.97 Å². The summed E-state index contributed by atoms with van der Waals surface area (Å²) in [5, 5.41) is 2.81. The Kier molecular flexibility index (Phi) is 7.89. The first-order valence-electron chi connectivity index (χ1n) is 10.6. The summed E-state index contributed by atoms with van der Waals surface area (Å²) >= 11 is 0. The average molecular weight is 427 g/mol. The van der Waals surface area contributed by atoms with E-state index in [-0.39, 0.29) is 12.5 Å². The summed E-state index contributed by atoms with van der Waals surface area (Å²) in [5.41, 5.74) is 3.85. The van der Waals surface area contributed by atoms with Crippen LogP contribution in [0.25, 0.3) is 0 Å². The Hall–Kier alpha value is -3.06. The number of amides is 1. The average Bonchev–Trinajstić information content (AvgIpc) is 2.79. The molecule has 2 aromatic carbocycles. The van der Waals surface area contributed by atoms with E-state index < -0.39 is 5.97 Å². The summed E-state index contributed by atoms with van der Waals surface area (Å²) in [6.45, 7) is 8.75. The van der Waals surface area contributed by atoms with Crippen molar-refractivity contribution >= 4 is 23.3 Å². The zero-order chi connectivity index (χ0) is 22.2. The number of hydrogen-bond acceptors (Lipinski definition) is 6. The van der Waals surface area contributed by atoms with Gasteiger partial charge in [0.2, 0.25) is 0 Å². The van der Waals surface area contributed by atoms with Crippen LogP contribution in [-0.2, 0) is 14.3 Å². The van der Waals surface area contributed by atoms with Gasteiger partial charge in [0.05, 0.1) is 31.1 Å². The molecule has 31 heavy (non-hydrogen) atoms. The van der Waals surface area contributed by atoms with Crippen molar-refractivity contribution in [1.29, 1.82) is 0 Å². The zero-order valence-electron chi connectivity index (χ0n) is 18.4. The normalized spacial score (nSPS) is 13.6. The van der Waals surface area contributed by atoms with Gasteiger partial charge in [-0.15, -0.1) is 0 Å². The summed E-state index contributed by atoms with van der Waals surface area (Å²) in [7, 11) is 0. The summed E-state index contributed by atoms with van der Waals surface area (Å²) < 4.78 is 16.5. The second-order valence-electron chi connectivity index (χ2n) is 7.50. The van der Waals surface area contributed by atoms with Crippen molar-refractivity contribution in [2.75, 3.05) is 49.7 Å². The summed E-state index contributed by atoms with van der Waals surface area (Å²) in [5.74, 6) is -0.0133. The predicted octanol–water partition coefficient (Wildman–Crippen LogP) is 3.72. The standard InChI is InChI=1S/C24H30N2O5/c1-4-12-30-24(28)20-15-19(8-9-21(20)26-10-13-29-14-11-26)25-23(27)16-31-22-7-5-6-17(2)18(22)3/h5-9,15H,4,10-14,16H2,1-3H3,(H,25,27). The van der Waals surface area contributed by atoms with Crippen LogP contribution in [0.1, 0.15) is 34.8 Å². The van der Waals surface area contributed by atoms with Gasteiger partial charge in [0, 0.05) is 18.8 Å². The first kappa shape index (κ1) is 22.6. The molecule has 0 unspecified atom stereocenters. The maximum atomic E-state index is 12.7. The Morgan fingerprint density at radius 2 is 1.90 bits per heavy atom. The monoisotopic (exact) mass is 426 g/mol. The van der Waals surface area contributed by atoms with E-state index in [1.54, 1.807) is 12.1 Å². The number of benzene rings is 2. The highest BCUT2D eigenvalue weighted by Crippen LogP contribution is 2.26. The van der Waals surface area contributed by atoms with Gasteiger partial charge in [-0.2, -0.15) is 0 Å². The third-order valence-corrected chi connectivity index (χ3v) is 5.20. The number of esters is 1. The van der Waals surface area contributed by atoms with Crippen molar-refractivity contribution in [1.82, 2.24) is 0 Å². The largest absolute Gasteiger partial charge is 0.483 e. The highest BCUT2D eigenvalue weighted by atomic mass is 16.5. The number of carbonyl (C=O) groups excluding carboxylic acids is 2. The van der Waals surface area contributed by atoms with Gasteiger partial charge in [-0.3, -0.25) is 4.79 Å². The topological polar surface area (TPSA) is 77.1 Å². The Labute approximate surface area is 183 Å². The zero-order valence-corrected chi connectivity index (χ0v) is 18.4. The van der Waals surface area contributed by atoms with Crippen molar-refractivity contribution in [3.63, 3.8) is 0 Å². The Morgan fingerprint density at radius 3 is 2.65 bits per heavy atom. The molecule has 0 bridgehead atoms. The molecule has 0 spiro atoms. The van der Waals surface area contributed by atoms with Crippen LogP contribution in [0, 0.1) is 13.8 Å². The van der Waals surface area contributed by atoms with Crippen LogP contribution in [0.2, 0.25) is 0 Å². The fraction of sp³-hybridized carbons (Fsp3) is 0.417. The molecule has 1 fully saturated rings. The van der Waals surface area contributed by atoms with E-state index >= 15 is 0 Å². The molecule has 1 N–H and O–H groups in total. The Balaban J connectivity index is 1.72. The summed E-state index contributed by atoms with van der Waals surface area (Å²) in [6, 6.07) is 11.0. The second kappa shape index (κ2) is 10.8. The molecule has 7 nitrogen and oxygen atoms in total. The van der Waals surface area contributed by atoms with Crippen LogP contribution < -0.4 is 15.0 Å². The molecule has 0 radical (unpaired) electrons. The number of nitrogens with zero attached hydrogens (tertiary/aromatic N) is 1. The number of anilines is 2. The van der Waals surface area contributed by atoms with Crippen molar-refractivity contribution in [2.24, 2.45) is 0 Å². The lowest BCUT2D eigenvalue weighted by Gasteiger charge is -2.30. The van der Waals surface area contributed by atoms with Crippen LogP contribution >= 0.6 is 0 Å². The number of carbonyl (C=O) groups is 2. The van der Waals surface area contributed by atoms with Crippen molar-refractivity contribution in [2.45, 2.75) is 27.2 Å². The first-order valence-corrected chi connectivity index (χ1v) is 10.6. The molecule has 1 aliphatic rings. The summed E-state index contributed by atoms with van der Waals surface area (Å²) in [4.78, 5) is 27.2. The van der Waals surface area contributed by atoms with Gasteiger partial charge in [-0.25, -0.2) is 4.79 Å². The predicted molar refractivity (Wildman–Crippen MR) is 120 cm³/mol. The Bertz CT molecular complexity index is 922. The molecule has 0 atom stereocenters. The lowest BCUT2D eigenvalue weighted by atomic mass is 10.1. The van der Waals surface area contributed by atoms with Gasteiger partial charge in [0.25, 0.3) is 5.91 Å². The minimum atomic E-state index is -0.397. The van der Waals surface area contributed by atoms with Crippen molar-refractivity contribution < 1.29 is 23.8 Å². The van der Waals surface area contributed by atoms with Gasteiger partial charge < -0.3 is 24.4 Å².